The molecule has 3 nitrogen and oxygen atoms in total. The molecular weight excluding hydrogens is 245 g/mol. The Morgan fingerprint density at radius 2 is 2.00 bits per heavy atom. The maximum Gasteiger partial charge on any atom is 0.199 e. The second-order valence-corrected chi connectivity index (χ2v) is 4.22. The zero-order chi connectivity index (χ0) is 14.0. The molecule has 0 aliphatic rings. The molecule has 98 valence electrons. The Bertz CT molecular complexity index is 638. The Hall–Kier alpha value is -2.36. The summed E-state index contributed by atoms with van der Waals surface area (Å²) in [5.74, 6) is -0.783. The average molecular weight is 259 g/mol. The van der Waals surface area contributed by atoms with E-state index in [1.54, 1.807) is 31.2 Å². The maximum atomic E-state index is 13.9. The van der Waals surface area contributed by atoms with E-state index in [2.05, 4.69) is 0 Å². The summed E-state index contributed by atoms with van der Waals surface area (Å²) < 4.78 is 18.9. The number of methoxy groups -OCH3 is 1. The SMILES string of the molecule is COc1cccc(F)c1C(=O)c1ccc(N)cc1C. The number of hydrogen-bond acceptors (Lipinski definition) is 3. The average Bonchev–Trinajstić information content (AvgIpc) is 2.37. The molecule has 0 aromatic heterocycles. The van der Waals surface area contributed by atoms with E-state index >= 15 is 0 Å². The van der Waals surface area contributed by atoms with E-state index in [1.807, 2.05) is 0 Å². The van der Waals surface area contributed by atoms with Crippen molar-refractivity contribution in [3.63, 3.8) is 0 Å². The topological polar surface area (TPSA) is 52.3 Å². The molecule has 0 heterocycles. The fourth-order valence-electron chi connectivity index (χ4n) is 1.97. The largest absolute Gasteiger partial charge is 0.496 e. The normalized spacial score (nSPS) is 10.3. The van der Waals surface area contributed by atoms with Gasteiger partial charge in [-0.1, -0.05) is 6.07 Å². The lowest BCUT2D eigenvalue weighted by atomic mass is 9.97. The number of anilines is 1. The first kappa shape index (κ1) is 13.1. The van der Waals surface area contributed by atoms with E-state index in [4.69, 9.17) is 10.5 Å². The van der Waals surface area contributed by atoms with Gasteiger partial charge in [0.15, 0.2) is 5.78 Å². The Balaban J connectivity index is 2.56. The molecule has 0 bridgehead atoms. The molecule has 0 amide bonds. The zero-order valence-corrected chi connectivity index (χ0v) is 10.7. The van der Waals surface area contributed by atoms with Gasteiger partial charge in [0.1, 0.15) is 17.1 Å². The van der Waals surface area contributed by atoms with Crippen LogP contribution in [0, 0.1) is 12.7 Å². The fourth-order valence-corrected chi connectivity index (χ4v) is 1.97. The van der Waals surface area contributed by atoms with Gasteiger partial charge in [0.2, 0.25) is 0 Å². The highest BCUT2D eigenvalue weighted by Gasteiger charge is 2.20. The van der Waals surface area contributed by atoms with Gasteiger partial charge in [-0.05, 0) is 42.8 Å². The van der Waals surface area contributed by atoms with Gasteiger partial charge in [-0.2, -0.15) is 0 Å². The van der Waals surface area contributed by atoms with E-state index in [0.717, 1.165) is 0 Å². The summed E-state index contributed by atoms with van der Waals surface area (Å²) in [6.45, 7) is 1.76. The van der Waals surface area contributed by atoms with Crippen molar-refractivity contribution in [1.82, 2.24) is 0 Å². The number of aryl methyl sites for hydroxylation is 1. The van der Waals surface area contributed by atoms with Crippen LogP contribution in [0.3, 0.4) is 0 Å². The van der Waals surface area contributed by atoms with Crippen molar-refractivity contribution < 1.29 is 13.9 Å². The van der Waals surface area contributed by atoms with Crippen LogP contribution in [0.1, 0.15) is 21.5 Å². The Morgan fingerprint density at radius 3 is 2.63 bits per heavy atom. The molecule has 0 fully saturated rings. The van der Waals surface area contributed by atoms with E-state index in [9.17, 15) is 9.18 Å². The van der Waals surface area contributed by atoms with Crippen molar-refractivity contribution in [3.05, 3.63) is 58.9 Å². The number of rotatable bonds is 3. The van der Waals surface area contributed by atoms with Crippen LogP contribution in [0.4, 0.5) is 10.1 Å². The zero-order valence-electron chi connectivity index (χ0n) is 10.7. The molecule has 2 aromatic carbocycles. The molecule has 0 unspecified atom stereocenters. The summed E-state index contributed by atoms with van der Waals surface area (Å²) in [6, 6.07) is 9.19. The van der Waals surface area contributed by atoms with Crippen LogP contribution in [0.15, 0.2) is 36.4 Å². The second-order valence-electron chi connectivity index (χ2n) is 4.22. The minimum Gasteiger partial charge on any atom is -0.496 e. The molecule has 0 aliphatic carbocycles. The maximum absolute atomic E-state index is 13.9. The number of carbonyl (C=O) groups is 1. The van der Waals surface area contributed by atoms with Crippen LogP contribution in [0.5, 0.6) is 5.75 Å². The molecule has 2 N–H and O–H groups in total. The lowest BCUT2D eigenvalue weighted by Gasteiger charge is -2.10. The molecule has 0 saturated carbocycles. The molecule has 0 radical (unpaired) electrons. The van der Waals surface area contributed by atoms with Crippen LogP contribution < -0.4 is 10.5 Å². The molecule has 2 rings (SSSR count). The number of nitrogens with two attached hydrogens (primary N) is 1. The standard InChI is InChI=1S/C15H14FNO2/c1-9-8-10(17)6-7-11(9)15(18)14-12(16)4-3-5-13(14)19-2/h3-8H,17H2,1-2H3. The van der Waals surface area contributed by atoms with Crippen molar-refractivity contribution in [1.29, 1.82) is 0 Å². The smallest absolute Gasteiger partial charge is 0.199 e. The van der Waals surface area contributed by atoms with Crippen LogP contribution in [-0.4, -0.2) is 12.9 Å². The summed E-state index contributed by atoms with van der Waals surface area (Å²) >= 11 is 0. The fraction of sp³-hybridized carbons (Fsp3) is 0.133. The third-order valence-electron chi connectivity index (χ3n) is 2.92. The van der Waals surface area contributed by atoms with Crippen LogP contribution in [-0.2, 0) is 0 Å². The molecule has 4 heteroatoms. The molecular formula is C15H14FNO2. The first-order valence-electron chi connectivity index (χ1n) is 5.78. The predicted molar refractivity (Wildman–Crippen MR) is 72.0 cm³/mol. The van der Waals surface area contributed by atoms with Gasteiger partial charge in [-0.3, -0.25) is 4.79 Å². The summed E-state index contributed by atoms with van der Waals surface area (Å²) in [7, 11) is 1.40. The molecule has 19 heavy (non-hydrogen) atoms. The predicted octanol–water partition coefficient (Wildman–Crippen LogP) is 2.96. The Morgan fingerprint density at radius 1 is 1.26 bits per heavy atom. The van der Waals surface area contributed by atoms with Crippen molar-refractivity contribution >= 4 is 11.5 Å². The van der Waals surface area contributed by atoms with Gasteiger partial charge in [0.25, 0.3) is 0 Å². The van der Waals surface area contributed by atoms with Crippen LogP contribution >= 0.6 is 0 Å². The molecule has 0 spiro atoms. The third kappa shape index (κ3) is 2.42. The van der Waals surface area contributed by atoms with E-state index in [-0.39, 0.29) is 11.3 Å². The Labute approximate surface area is 110 Å². The van der Waals surface area contributed by atoms with Crippen molar-refractivity contribution in [3.8, 4) is 5.75 Å². The highest BCUT2D eigenvalue weighted by atomic mass is 19.1. The van der Waals surface area contributed by atoms with Gasteiger partial charge in [-0.25, -0.2) is 4.39 Å². The number of hydrogen-bond donors (Lipinski definition) is 1. The molecule has 0 aliphatic heterocycles. The molecule has 0 atom stereocenters. The van der Waals surface area contributed by atoms with E-state index in [0.29, 0.717) is 16.8 Å². The monoisotopic (exact) mass is 259 g/mol. The quantitative estimate of drug-likeness (QED) is 0.681. The second kappa shape index (κ2) is 5.10. The minimum atomic E-state index is -0.597. The van der Waals surface area contributed by atoms with Gasteiger partial charge in [0.05, 0.1) is 7.11 Å². The number of ketones is 1. The number of ether oxygens (including phenoxy) is 1. The van der Waals surface area contributed by atoms with Gasteiger partial charge in [-0.15, -0.1) is 0 Å². The number of halogens is 1. The van der Waals surface area contributed by atoms with E-state index in [1.165, 1.54) is 19.2 Å². The van der Waals surface area contributed by atoms with Crippen molar-refractivity contribution in [2.45, 2.75) is 6.92 Å². The minimum absolute atomic E-state index is 0.0575. The summed E-state index contributed by atoms with van der Waals surface area (Å²) in [6.07, 6.45) is 0. The first-order chi connectivity index (χ1) is 9.04. The first-order valence-corrected chi connectivity index (χ1v) is 5.78. The Kier molecular flexibility index (Phi) is 3.51. The van der Waals surface area contributed by atoms with Crippen molar-refractivity contribution in [2.24, 2.45) is 0 Å². The number of nitrogen functional groups attached to an aromatic ring is 1. The highest BCUT2D eigenvalue weighted by Crippen LogP contribution is 2.26. The lowest BCUT2D eigenvalue weighted by molar-refractivity contribution is 0.103. The molecule has 2 aromatic rings. The third-order valence-corrected chi connectivity index (χ3v) is 2.92. The van der Waals surface area contributed by atoms with Crippen LogP contribution in [0.2, 0.25) is 0 Å². The summed E-state index contributed by atoms with van der Waals surface area (Å²) in [5.41, 5.74) is 7.27. The van der Waals surface area contributed by atoms with Crippen LogP contribution in [0.25, 0.3) is 0 Å². The summed E-state index contributed by atoms with van der Waals surface area (Å²) in [4.78, 5) is 12.4. The van der Waals surface area contributed by atoms with Crippen molar-refractivity contribution in [2.75, 3.05) is 12.8 Å². The number of benzene rings is 2. The lowest BCUT2D eigenvalue weighted by Crippen LogP contribution is -2.08. The summed E-state index contributed by atoms with van der Waals surface area (Å²) in [5, 5.41) is 0. The number of carbonyl (C=O) groups excluding carboxylic acids is 1. The molecule has 0 saturated heterocycles. The van der Waals surface area contributed by atoms with Gasteiger partial charge in [0, 0.05) is 11.3 Å². The highest BCUT2D eigenvalue weighted by molar-refractivity contribution is 6.11. The van der Waals surface area contributed by atoms with Gasteiger partial charge < -0.3 is 10.5 Å². The van der Waals surface area contributed by atoms with E-state index < -0.39 is 11.6 Å². The van der Waals surface area contributed by atoms with Gasteiger partial charge >= 0.3 is 0 Å².